The molecule has 1 amide bonds. The zero-order valence-corrected chi connectivity index (χ0v) is 22.4. The second-order valence-corrected chi connectivity index (χ2v) is 9.93. The van der Waals surface area contributed by atoms with Crippen LogP contribution in [-0.2, 0) is 16.0 Å². The van der Waals surface area contributed by atoms with Gasteiger partial charge in [0.2, 0.25) is 0 Å². The molecule has 7 nitrogen and oxygen atoms in total. The van der Waals surface area contributed by atoms with Crippen molar-refractivity contribution in [2.45, 2.75) is 59.1 Å². The van der Waals surface area contributed by atoms with Crippen LogP contribution < -0.4 is 14.4 Å². The molecule has 2 aliphatic heterocycles. The molecule has 2 aromatic rings. The van der Waals surface area contributed by atoms with E-state index in [9.17, 15) is 14.7 Å². The van der Waals surface area contributed by atoms with E-state index in [2.05, 4.69) is 20.8 Å². The number of nitrogens with one attached hydrogen (secondary N) is 1. The van der Waals surface area contributed by atoms with E-state index in [1.807, 2.05) is 43.3 Å². The third-order valence-electron chi connectivity index (χ3n) is 7.38. The molecule has 198 valence electrons. The first-order valence-corrected chi connectivity index (χ1v) is 13.5. The number of likely N-dealkylation sites (N-methyl/N-ethyl adjacent to an activating group) is 1. The lowest BCUT2D eigenvalue weighted by Crippen LogP contribution is -3.12. The van der Waals surface area contributed by atoms with E-state index in [1.165, 1.54) is 4.90 Å². The van der Waals surface area contributed by atoms with Crippen LogP contribution in [0.2, 0.25) is 0 Å². The van der Waals surface area contributed by atoms with Gasteiger partial charge in [-0.2, -0.15) is 0 Å². The number of aliphatic hydroxyl groups excluding tert-OH is 1. The Bertz CT molecular complexity index is 1150. The van der Waals surface area contributed by atoms with Crippen LogP contribution in [0.25, 0.3) is 5.76 Å². The number of ketones is 1. The maximum Gasteiger partial charge on any atom is 0.295 e. The molecule has 2 atom stereocenters. The third-order valence-corrected chi connectivity index (χ3v) is 7.38. The molecule has 1 saturated heterocycles. The number of Topliss-reactive ketones (excluding diaryl/α,β-unsaturated/α-hetero) is 1. The van der Waals surface area contributed by atoms with Crippen LogP contribution in [0.15, 0.2) is 48.0 Å². The van der Waals surface area contributed by atoms with Crippen LogP contribution in [0.1, 0.15) is 63.3 Å². The lowest BCUT2D eigenvalue weighted by molar-refractivity contribution is -0.895. The van der Waals surface area contributed by atoms with Crippen molar-refractivity contribution in [1.82, 2.24) is 4.90 Å². The number of amides is 1. The van der Waals surface area contributed by atoms with Gasteiger partial charge in [0.05, 0.1) is 44.4 Å². The quantitative estimate of drug-likeness (QED) is 0.211. The van der Waals surface area contributed by atoms with Gasteiger partial charge in [-0.1, -0.05) is 25.5 Å². The second-order valence-electron chi connectivity index (χ2n) is 9.93. The SMILES string of the molecule is CCCCOc1ccc([C@@H]2C(=C(O)c3ccc4c(c3)C[C@H](C)O4)C(=O)C(=O)N2CC[NH+](CC)CC)cc1. The zero-order valence-electron chi connectivity index (χ0n) is 22.4. The van der Waals surface area contributed by atoms with E-state index >= 15 is 0 Å². The van der Waals surface area contributed by atoms with Crippen LogP contribution in [0.5, 0.6) is 11.5 Å². The van der Waals surface area contributed by atoms with Gasteiger partial charge in [0.15, 0.2) is 0 Å². The van der Waals surface area contributed by atoms with Crippen molar-refractivity contribution < 1.29 is 29.1 Å². The lowest BCUT2D eigenvalue weighted by atomic mass is 9.94. The van der Waals surface area contributed by atoms with Gasteiger partial charge in [-0.3, -0.25) is 9.59 Å². The first kappa shape index (κ1) is 26.7. The molecule has 2 aliphatic rings. The second kappa shape index (κ2) is 11.8. The molecule has 1 fully saturated rings. The molecule has 4 rings (SSSR count). The van der Waals surface area contributed by atoms with E-state index in [1.54, 1.807) is 11.0 Å². The zero-order chi connectivity index (χ0) is 26.5. The Balaban J connectivity index is 1.72. The van der Waals surface area contributed by atoms with Gasteiger partial charge in [0.1, 0.15) is 23.4 Å². The van der Waals surface area contributed by atoms with E-state index in [0.29, 0.717) is 18.7 Å². The summed E-state index contributed by atoms with van der Waals surface area (Å²) in [5.41, 5.74) is 2.41. The fourth-order valence-corrected chi connectivity index (χ4v) is 5.14. The van der Waals surface area contributed by atoms with Crippen molar-refractivity contribution in [3.63, 3.8) is 0 Å². The van der Waals surface area contributed by atoms with Gasteiger partial charge in [-0.25, -0.2) is 0 Å². The minimum Gasteiger partial charge on any atom is -0.507 e. The molecule has 0 unspecified atom stereocenters. The molecule has 0 aromatic heterocycles. The summed E-state index contributed by atoms with van der Waals surface area (Å²) in [6.45, 7) is 12.0. The number of rotatable bonds is 11. The summed E-state index contributed by atoms with van der Waals surface area (Å²) in [5.74, 6) is 0.174. The topological polar surface area (TPSA) is 80.5 Å². The number of unbranched alkanes of at least 4 members (excludes halogenated alkanes) is 1. The molecule has 2 heterocycles. The molecule has 2 aromatic carbocycles. The summed E-state index contributed by atoms with van der Waals surface area (Å²) in [6, 6.07) is 12.3. The third kappa shape index (κ3) is 5.67. The Kier molecular flexibility index (Phi) is 8.54. The van der Waals surface area contributed by atoms with Gasteiger partial charge < -0.3 is 24.4 Å². The number of carbonyl (C=O) groups excluding carboxylic acids is 2. The summed E-state index contributed by atoms with van der Waals surface area (Å²) in [7, 11) is 0. The van der Waals surface area contributed by atoms with Crippen LogP contribution in [0, 0.1) is 0 Å². The van der Waals surface area contributed by atoms with Gasteiger partial charge in [-0.05, 0) is 68.7 Å². The fourth-order valence-electron chi connectivity index (χ4n) is 5.14. The number of likely N-dealkylation sites (tertiary alicyclic amines) is 1. The Morgan fingerprint density at radius 2 is 1.84 bits per heavy atom. The number of benzene rings is 2. The summed E-state index contributed by atoms with van der Waals surface area (Å²) in [5, 5.41) is 11.4. The molecular formula is C30H39N2O5+. The number of quaternary nitrogens is 1. The fraction of sp³-hybridized carbons (Fsp3) is 0.467. The number of hydrogen-bond acceptors (Lipinski definition) is 5. The predicted octanol–water partition coefficient (Wildman–Crippen LogP) is 3.54. The predicted molar refractivity (Wildman–Crippen MR) is 143 cm³/mol. The summed E-state index contributed by atoms with van der Waals surface area (Å²) < 4.78 is 11.6. The van der Waals surface area contributed by atoms with Crippen LogP contribution in [0.3, 0.4) is 0 Å². The van der Waals surface area contributed by atoms with Crippen molar-refractivity contribution in [3.05, 3.63) is 64.7 Å². The molecule has 0 bridgehead atoms. The largest absolute Gasteiger partial charge is 0.507 e. The first-order chi connectivity index (χ1) is 17.9. The minimum atomic E-state index is -0.664. The molecule has 0 radical (unpaired) electrons. The molecule has 0 saturated carbocycles. The highest BCUT2D eigenvalue weighted by Crippen LogP contribution is 2.40. The molecule has 37 heavy (non-hydrogen) atoms. The number of aliphatic hydroxyl groups is 1. The highest BCUT2D eigenvalue weighted by Gasteiger charge is 2.46. The molecule has 0 aliphatic carbocycles. The Morgan fingerprint density at radius 3 is 2.51 bits per heavy atom. The number of carbonyl (C=O) groups is 2. The lowest BCUT2D eigenvalue weighted by Gasteiger charge is -2.27. The monoisotopic (exact) mass is 507 g/mol. The van der Waals surface area contributed by atoms with E-state index in [4.69, 9.17) is 9.47 Å². The maximum atomic E-state index is 13.4. The summed E-state index contributed by atoms with van der Waals surface area (Å²) in [6.07, 6.45) is 2.83. The van der Waals surface area contributed by atoms with Crippen molar-refractivity contribution in [2.75, 3.05) is 32.8 Å². The van der Waals surface area contributed by atoms with Crippen molar-refractivity contribution in [1.29, 1.82) is 0 Å². The smallest absolute Gasteiger partial charge is 0.295 e. The number of fused-ring (bicyclic) bond motifs is 1. The van der Waals surface area contributed by atoms with Gasteiger partial charge in [0.25, 0.3) is 11.7 Å². The highest BCUT2D eigenvalue weighted by molar-refractivity contribution is 6.46. The van der Waals surface area contributed by atoms with Crippen LogP contribution >= 0.6 is 0 Å². The standard InChI is InChI=1S/C30H38N2O5/c1-5-8-17-36-24-12-9-21(10-13-24)27-26(29(34)30(35)32(27)16-15-31(6-2)7-3)28(33)22-11-14-25-23(19-22)18-20(4)37-25/h9-14,19-20,27,33H,5-8,15-18H2,1-4H3/p+1/t20-,27+/m0/s1. The first-order valence-electron chi connectivity index (χ1n) is 13.5. The molecular weight excluding hydrogens is 468 g/mol. The number of nitrogens with zero attached hydrogens (tertiary/aromatic N) is 1. The normalized spacial score (nSPS) is 20.4. The van der Waals surface area contributed by atoms with E-state index in [-0.39, 0.29) is 17.4 Å². The molecule has 2 N–H and O–H groups in total. The minimum absolute atomic E-state index is 0.0682. The Labute approximate surface area is 219 Å². The average Bonchev–Trinajstić information content (AvgIpc) is 3.40. The van der Waals surface area contributed by atoms with Gasteiger partial charge in [-0.15, -0.1) is 0 Å². The highest BCUT2D eigenvalue weighted by atomic mass is 16.5. The number of hydrogen-bond donors (Lipinski definition) is 2. The number of ether oxygens (including phenoxy) is 2. The summed E-state index contributed by atoms with van der Waals surface area (Å²) >= 11 is 0. The Hall–Kier alpha value is -3.32. The Morgan fingerprint density at radius 1 is 1.11 bits per heavy atom. The molecule has 0 spiro atoms. The van der Waals surface area contributed by atoms with E-state index < -0.39 is 17.7 Å². The van der Waals surface area contributed by atoms with Crippen LogP contribution in [-0.4, -0.2) is 60.6 Å². The molecule has 7 heteroatoms. The van der Waals surface area contributed by atoms with E-state index in [0.717, 1.165) is 61.5 Å². The van der Waals surface area contributed by atoms with Crippen LogP contribution in [0.4, 0.5) is 0 Å². The summed E-state index contributed by atoms with van der Waals surface area (Å²) in [4.78, 5) is 29.6. The average molecular weight is 508 g/mol. The van der Waals surface area contributed by atoms with Crippen molar-refractivity contribution in [2.24, 2.45) is 0 Å². The van der Waals surface area contributed by atoms with Crippen molar-refractivity contribution >= 4 is 17.4 Å². The van der Waals surface area contributed by atoms with Gasteiger partial charge in [0, 0.05) is 12.0 Å². The maximum absolute atomic E-state index is 13.4. The van der Waals surface area contributed by atoms with Gasteiger partial charge >= 0.3 is 0 Å². The van der Waals surface area contributed by atoms with Crippen molar-refractivity contribution in [3.8, 4) is 11.5 Å².